The summed E-state index contributed by atoms with van der Waals surface area (Å²) in [6.07, 6.45) is 2.88. The van der Waals surface area contributed by atoms with Gasteiger partial charge in [0, 0.05) is 13.6 Å². The minimum Gasteiger partial charge on any atom is -0.368 e. The molecule has 1 fully saturated rings. The van der Waals surface area contributed by atoms with Crippen molar-refractivity contribution in [1.29, 1.82) is 0 Å². The molecule has 1 unspecified atom stereocenters. The minimum atomic E-state index is 0.471. The van der Waals surface area contributed by atoms with E-state index in [1.54, 1.807) is 13.2 Å². The van der Waals surface area contributed by atoms with Gasteiger partial charge in [-0.3, -0.25) is 0 Å². The van der Waals surface area contributed by atoms with Crippen LogP contribution in [-0.4, -0.2) is 23.6 Å². The molecule has 2 rings (SSSR count). The molecule has 1 heterocycles. The highest BCUT2D eigenvalue weighted by Crippen LogP contribution is 2.51. The summed E-state index contributed by atoms with van der Waals surface area (Å²) in [6.45, 7) is 5.48. The number of aromatic nitrogens is 2. The zero-order valence-corrected chi connectivity index (χ0v) is 10.6. The summed E-state index contributed by atoms with van der Waals surface area (Å²) < 4.78 is 0. The average molecular weight is 241 g/mol. The molecule has 0 radical (unpaired) electrons. The molecule has 1 aliphatic carbocycles. The first-order chi connectivity index (χ1) is 7.53. The first kappa shape index (κ1) is 11.5. The van der Waals surface area contributed by atoms with Crippen molar-refractivity contribution >= 4 is 23.4 Å². The van der Waals surface area contributed by atoms with Crippen LogP contribution in [0.25, 0.3) is 0 Å². The zero-order chi connectivity index (χ0) is 11.8. The monoisotopic (exact) mass is 240 g/mol. The number of nitrogens with zero attached hydrogens (tertiary/aromatic N) is 2. The Labute approximate surface area is 101 Å². The second-order valence-corrected chi connectivity index (χ2v) is 5.32. The van der Waals surface area contributed by atoms with Gasteiger partial charge < -0.3 is 10.6 Å². The molecule has 5 heteroatoms. The van der Waals surface area contributed by atoms with Gasteiger partial charge in [-0.25, -0.2) is 4.98 Å². The van der Waals surface area contributed by atoms with Gasteiger partial charge in [0.2, 0.25) is 5.95 Å². The van der Waals surface area contributed by atoms with Crippen LogP contribution in [0.3, 0.4) is 0 Å². The number of anilines is 2. The van der Waals surface area contributed by atoms with E-state index in [0.717, 1.165) is 12.5 Å². The number of rotatable bonds is 4. The number of hydrogen-bond acceptors (Lipinski definition) is 4. The quantitative estimate of drug-likeness (QED) is 0.850. The summed E-state index contributed by atoms with van der Waals surface area (Å²) >= 11 is 6.01. The van der Waals surface area contributed by atoms with Gasteiger partial charge in [0.1, 0.15) is 10.8 Å². The maximum absolute atomic E-state index is 6.01. The SMILES string of the molecule is CNc1ncc(Cl)c(NCC2CC2(C)C)n1. The molecule has 0 aliphatic heterocycles. The van der Waals surface area contributed by atoms with Crippen molar-refractivity contribution in [2.24, 2.45) is 11.3 Å². The lowest BCUT2D eigenvalue weighted by Crippen LogP contribution is -2.10. The molecule has 1 aromatic heterocycles. The first-order valence-corrected chi connectivity index (χ1v) is 5.85. The molecule has 88 valence electrons. The van der Waals surface area contributed by atoms with Gasteiger partial charge in [0.05, 0.1) is 6.20 Å². The van der Waals surface area contributed by atoms with E-state index in [0.29, 0.717) is 22.2 Å². The molecule has 1 aliphatic rings. The molecule has 0 amide bonds. The predicted octanol–water partition coefficient (Wildman–Crippen LogP) is 2.63. The highest BCUT2D eigenvalue weighted by molar-refractivity contribution is 6.32. The van der Waals surface area contributed by atoms with E-state index in [1.807, 2.05) is 0 Å². The third kappa shape index (κ3) is 2.38. The third-order valence-electron chi connectivity index (χ3n) is 3.20. The van der Waals surface area contributed by atoms with Crippen molar-refractivity contribution in [2.75, 3.05) is 24.2 Å². The summed E-state index contributed by atoms with van der Waals surface area (Å²) in [6, 6.07) is 0. The van der Waals surface area contributed by atoms with Gasteiger partial charge in [-0.2, -0.15) is 4.98 Å². The van der Waals surface area contributed by atoms with Gasteiger partial charge >= 0.3 is 0 Å². The maximum atomic E-state index is 6.01. The van der Waals surface area contributed by atoms with Crippen molar-refractivity contribution in [3.05, 3.63) is 11.2 Å². The fourth-order valence-corrected chi connectivity index (χ4v) is 1.91. The molecule has 0 spiro atoms. The standard InChI is InChI=1S/C11H17ClN4/c1-11(2)4-7(11)5-14-9-8(12)6-15-10(13-3)16-9/h6-7H,4-5H2,1-3H3,(H2,13,14,15,16). The van der Waals surface area contributed by atoms with Crippen molar-refractivity contribution in [3.63, 3.8) is 0 Å². The first-order valence-electron chi connectivity index (χ1n) is 5.47. The smallest absolute Gasteiger partial charge is 0.224 e. The maximum Gasteiger partial charge on any atom is 0.224 e. The normalized spacial score (nSPS) is 21.6. The van der Waals surface area contributed by atoms with Crippen LogP contribution < -0.4 is 10.6 Å². The van der Waals surface area contributed by atoms with E-state index in [-0.39, 0.29) is 0 Å². The lowest BCUT2D eigenvalue weighted by molar-refractivity contribution is 0.573. The van der Waals surface area contributed by atoms with Crippen molar-refractivity contribution in [2.45, 2.75) is 20.3 Å². The Morgan fingerprint density at radius 3 is 2.81 bits per heavy atom. The van der Waals surface area contributed by atoms with Crippen LogP contribution in [0.4, 0.5) is 11.8 Å². The van der Waals surface area contributed by atoms with Crippen LogP contribution >= 0.6 is 11.6 Å². The Kier molecular flexibility index (Phi) is 2.93. The van der Waals surface area contributed by atoms with Crippen molar-refractivity contribution in [1.82, 2.24) is 9.97 Å². The summed E-state index contributed by atoms with van der Waals surface area (Å²) in [5, 5.41) is 6.74. The molecule has 16 heavy (non-hydrogen) atoms. The van der Waals surface area contributed by atoms with Gasteiger partial charge in [-0.15, -0.1) is 0 Å². The molecule has 4 nitrogen and oxygen atoms in total. The molecule has 2 N–H and O–H groups in total. The summed E-state index contributed by atoms with van der Waals surface area (Å²) in [7, 11) is 1.79. The Hall–Kier alpha value is -1.03. The van der Waals surface area contributed by atoms with Crippen LogP contribution in [0.5, 0.6) is 0 Å². The summed E-state index contributed by atoms with van der Waals surface area (Å²) in [5.74, 6) is 2.02. The Bertz CT molecular complexity index is 392. The average Bonchev–Trinajstić information content (AvgIpc) is 2.85. The van der Waals surface area contributed by atoms with E-state index >= 15 is 0 Å². The van der Waals surface area contributed by atoms with E-state index in [4.69, 9.17) is 11.6 Å². The third-order valence-corrected chi connectivity index (χ3v) is 3.48. The molecular formula is C11H17ClN4. The van der Waals surface area contributed by atoms with Gasteiger partial charge in [-0.1, -0.05) is 25.4 Å². The molecule has 1 atom stereocenters. The second kappa shape index (κ2) is 4.09. The largest absolute Gasteiger partial charge is 0.368 e. The topological polar surface area (TPSA) is 49.8 Å². The molecule has 0 bridgehead atoms. The van der Waals surface area contributed by atoms with Crippen LogP contribution in [0.15, 0.2) is 6.20 Å². The van der Waals surface area contributed by atoms with Gasteiger partial charge in [0.15, 0.2) is 0 Å². The second-order valence-electron chi connectivity index (χ2n) is 4.91. The zero-order valence-electron chi connectivity index (χ0n) is 9.84. The number of halogens is 1. The fraction of sp³-hybridized carbons (Fsp3) is 0.636. The van der Waals surface area contributed by atoms with E-state index in [1.165, 1.54) is 6.42 Å². The van der Waals surface area contributed by atoms with Crippen LogP contribution in [-0.2, 0) is 0 Å². The minimum absolute atomic E-state index is 0.471. The molecule has 1 aromatic rings. The Morgan fingerprint density at radius 2 is 2.25 bits per heavy atom. The summed E-state index contributed by atoms with van der Waals surface area (Å²) in [5.41, 5.74) is 0.471. The molecular weight excluding hydrogens is 224 g/mol. The van der Waals surface area contributed by atoms with Crippen molar-refractivity contribution in [3.8, 4) is 0 Å². The van der Waals surface area contributed by atoms with E-state index in [2.05, 4.69) is 34.4 Å². The fourth-order valence-electron chi connectivity index (χ4n) is 1.76. The van der Waals surface area contributed by atoms with E-state index < -0.39 is 0 Å². The Balaban J connectivity index is 1.98. The highest BCUT2D eigenvalue weighted by atomic mass is 35.5. The van der Waals surface area contributed by atoms with Gasteiger partial charge in [-0.05, 0) is 17.8 Å². The highest BCUT2D eigenvalue weighted by Gasteiger charge is 2.45. The number of hydrogen-bond donors (Lipinski definition) is 2. The van der Waals surface area contributed by atoms with Crippen LogP contribution in [0, 0.1) is 11.3 Å². The molecule has 0 aromatic carbocycles. The number of nitrogens with one attached hydrogen (secondary N) is 2. The van der Waals surface area contributed by atoms with Crippen LogP contribution in [0.2, 0.25) is 5.02 Å². The van der Waals surface area contributed by atoms with Gasteiger partial charge in [0.25, 0.3) is 0 Å². The predicted molar refractivity (Wildman–Crippen MR) is 67.0 cm³/mol. The van der Waals surface area contributed by atoms with Crippen molar-refractivity contribution < 1.29 is 0 Å². The molecule has 0 saturated heterocycles. The Morgan fingerprint density at radius 1 is 1.56 bits per heavy atom. The van der Waals surface area contributed by atoms with E-state index in [9.17, 15) is 0 Å². The lowest BCUT2D eigenvalue weighted by atomic mass is 10.1. The lowest BCUT2D eigenvalue weighted by Gasteiger charge is -2.09. The van der Waals surface area contributed by atoms with Crippen LogP contribution in [0.1, 0.15) is 20.3 Å². The molecule has 1 saturated carbocycles. The summed E-state index contributed by atoms with van der Waals surface area (Å²) in [4.78, 5) is 8.31.